The molecule has 5 heteroatoms. The zero-order valence-corrected chi connectivity index (χ0v) is 13.3. The second-order valence-electron chi connectivity index (χ2n) is 6.18. The standard InChI is InChI=1S/C17H27N3O2/c1-13-9-11-19-16(12-13)18-10-3-2-4-17(22)20-14-5-7-15(21)8-6-14/h9,11-12,14-15,21H,2-8,10H2,1H3,(H,18,19)(H,20,22). The number of hydrogen-bond donors (Lipinski definition) is 3. The van der Waals surface area contributed by atoms with Gasteiger partial charge in [-0.1, -0.05) is 0 Å². The summed E-state index contributed by atoms with van der Waals surface area (Å²) in [7, 11) is 0. The minimum absolute atomic E-state index is 0.134. The number of nitrogens with one attached hydrogen (secondary N) is 2. The molecule has 1 aromatic heterocycles. The van der Waals surface area contributed by atoms with E-state index in [9.17, 15) is 9.90 Å². The third-order valence-electron chi connectivity index (χ3n) is 4.11. The fourth-order valence-electron chi connectivity index (χ4n) is 2.78. The van der Waals surface area contributed by atoms with Crippen LogP contribution in [0, 0.1) is 6.92 Å². The molecule has 2 rings (SSSR count). The Morgan fingerprint density at radius 2 is 2.09 bits per heavy atom. The summed E-state index contributed by atoms with van der Waals surface area (Å²) in [6.07, 6.45) is 7.42. The highest BCUT2D eigenvalue weighted by atomic mass is 16.3. The first kappa shape index (κ1) is 16.7. The van der Waals surface area contributed by atoms with Crippen molar-refractivity contribution in [1.82, 2.24) is 10.3 Å². The van der Waals surface area contributed by atoms with Gasteiger partial charge in [-0.25, -0.2) is 4.98 Å². The van der Waals surface area contributed by atoms with Crippen LogP contribution in [-0.4, -0.2) is 34.7 Å². The van der Waals surface area contributed by atoms with Crippen LogP contribution in [0.4, 0.5) is 5.82 Å². The number of pyridine rings is 1. The molecule has 5 nitrogen and oxygen atoms in total. The van der Waals surface area contributed by atoms with E-state index in [0.717, 1.165) is 50.9 Å². The molecule has 3 N–H and O–H groups in total. The molecule has 1 aliphatic rings. The normalized spacial score (nSPS) is 21.4. The molecule has 1 heterocycles. The largest absolute Gasteiger partial charge is 0.393 e. The van der Waals surface area contributed by atoms with Gasteiger partial charge in [0, 0.05) is 25.2 Å². The number of nitrogens with zero attached hydrogens (tertiary/aromatic N) is 1. The minimum atomic E-state index is -0.172. The zero-order valence-electron chi connectivity index (χ0n) is 13.3. The van der Waals surface area contributed by atoms with Gasteiger partial charge in [-0.05, 0) is 63.1 Å². The molecular formula is C17H27N3O2. The first-order valence-electron chi connectivity index (χ1n) is 8.27. The Morgan fingerprint density at radius 3 is 2.82 bits per heavy atom. The lowest BCUT2D eigenvalue weighted by Crippen LogP contribution is -2.38. The summed E-state index contributed by atoms with van der Waals surface area (Å²) in [5.41, 5.74) is 1.19. The molecular weight excluding hydrogens is 278 g/mol. The van der Waals surface area contributed by atoms with Crippen molar-refractivity contribution in [3.8, 4) is 0 Å². The van der Waals surface area contributed by atoms with E-state index in [2.05, 4.69) is 15.6 Å². The van der Waals surface area contributed by atoms with Crippen molar-refractivity contribution in [3.05, 3.63) is 23.9 Å². The maximum atomic E-state index is 11.9. The van der Waals surface area contributed by atoms with Gasteiger partial charge in [-0.15, -0.1) is 0 Å². The molecule has 1 aliphatic carbocycles. The highest BCUT2D eigenvalue weighted by Gasteiger charge is 2.20. The van der Waals surface area contributed by atoms with Crippen LogP contribution in [0.3, 0.4) is 0 Å². The molecule has 0 unspecified atom stereocenters. The van der Waals surface area contributed by atoms with Crippen LogP contribution in [0.2, 0.25) is 0 Å². The van der Waals surface area contributed by atoms with Crippen molar-refractivity contribution in [2.75, 3.05) is 11.9 Å². The molecule has 0 radical (unpaired) electrons. The third-order valence-corrected chi connectivity index (χ3v) is 4.11. The first-order valence-corrected chi connectivity index (χ1v) is 8.27. The summed E-state index contributed by atoms with van der Waals surface area (Å²) in [6, 6.07) is 4.25. The van der Waals surface area contributed by atoms with Gasteiger partial charge >= 0.3 is 0 Å². The highest BCUT2D eigenvalue weighted by Crippen LogP contribution is 2.18. The molecule has 0 spiro atoms. The number of unbranched alkanes of at least 4 members (excludes halogenated alkanes) is 1. The van der Waals surface area contributed by atoms with Gasteiger partial charge in [0.15, 0.2) is 0 Å². The first-order chi connectivity index (χ1) is 10.6. The summed E-state index contributed by atoms with van der Waals surface area (Å²) in [4.78, 5) is 16.1. The SMILES string of the molecule is Cc1ccnc(NCCCCC(=O)NC2CCC(O)CC2)c1. The molecule has 22 heavy (non-hydrogen) atoms. The number of amides is 1. The Kier molecular flexibility index (Phi) is 6.65. The lowest BCUT2D eigenvalue weighted by molar-refractivity contribution is -0.122. The summed E-state index contributed by atoms with van der Waals surface area (Å²) >= 11 is 0. The molecule has 1 saturated carbocycles. The van der Waals surface area contributed by atoms with Crippen LogP contribution < -0.4 is 10.6 Å². The Hall–Kier alpha value is -1.62. The summed E-state index contributed by atoms with van der Waals surface area (Å²) < 4.78 is 0. The van der Waals surface area contributed by atoms with E-state index in [0.29, 0.717) is 6.42 Å². The quantitative estimate of drug-likeness (QED) is 0.676. The van der Waals surface area contributed by atoms with Crippen LogP contribution in [-0.2, 0) is 4.79 Å². The van der Waals surface area contributed by atoms with Gasteiger partial charge in [-0.3, -0.25) is 4.79 Å². The zero-order chi connectivity index (χ0) is 15.8. The molecule has 0 saturated heterocycles. The van der Waals surface area contributed by atoms with Gasteiger partial charge in [0.1, 0.15) is 5.82 Å². The molecule has 0 atom stereocenters. The fourth-order valence-corrected chi connectivity index (χ4v) is 2.78. The number of hydrogen-bond acceptors (Lipinski definition) is 4. The van der Waals surface area contributed by atoms with E-state index in [4.69, 9.17) is 0 Å². The second kappa shape index (κ2) is 8.73. The summed E-state index contributed by atoms with van der Waals surface area (Å²) in [6.45, 7) is 2.88. The van der Waals surface area contributed by atoms with Crippen molar-refractivity contribution in [2.24, 2.45) is 0 Å². The average molecular weight is 305 g/mol. The van der Waals surface area contributed by atoms with Gasteiger partial charge in [0.2, 0.25) is 5.91 Å². The van der Waals surface area contributed by atoms with E-state index in [1.807, 2.05) is 19.1 Å². The predicted molar refractivity (Wildman–Crippen MR) is 87.7 cm³/mol. The smallest absolute Gasteiger partial charge is 0.220 e. The molecule has 122 valence electrons. The monoisotopic (exact) mass is 305 g/mol. The van der Waals surface area contributed by atoms with Crippen molar-refractivity contribution in [3.63, 3.8) is 0 Å². The summed E-state index contributed by atoms with van der Waals surface area (Å²) in [5, 5.41) is 15.8. The fraction of sp³-hybridized carbons (Fsp3) is 0.647. The van der Waals surface area contributed by atoms with E-state index in [-0.39, 0.29) is 18.1 Å². The average Bonchev–Trinajstić information content (AvgIpc) is 2.49. The summed E-state index contributed by atoms with van der Waals surface area (Å²) in [5.74, 6) is 1.03. The third kappa shape index (κ3) is 6.02. The molecule has 0 aliphatic heterocycles. The van der Waals surface area contributed by atoms with Crippen LogP contribution in [0.25, 0.3) is 0 Å². The van der Waals surface area contributed by atoms with Crippen LogP contribution >= 0.6 is 0 Å². The second-order valence-corrected chi connectivity index (χ2v) is 6.18. The Bertz CT molecular complexity index is 471. The van der Waals surface area contributed by atoms with Crippen molar-refractivity contribution >= 4 is 11.7 Å². The number of aryl methyl sites for hydroxylation is 1. The van der Waals surface area contributed by atoms with Gasteiger partial charge in [-0.2, -0.15) is 0 Å². The lowest BCUT2D eigenvalue weighted by Gasteiger charge is -2.26. The number of aromatic nitrogens is 1. The van der Waals surface area contributed by atoms with Gasteiger partial charge < -0.3 is 15.7 Å². The molecule has 1 aromatic rings. The molecule has 0 bridgehead atoms. The van der Waals surface area contributed by atoms with E-state index in [1.165, 1.54) is 5.56 Å². The van der Waals surface area contributed by atoms with E-state index in [1.54, 1.807) is 6.20 Å². The lowest BCUT2D eigenvalue weighted by atomic mass is 9.93. The number of aliphatic hydroxyl groups excluding tert-OH is 1. The van der Waals surface area contributed by atoms with Gasteiger partial charge in [0.25, 0.3) is 0 Å². The maximum absolute atomic E-state index is 11.9. The van der Waals surface area contributed by atoms with Crippen LogP contribution in [0.15, 0.2) is 18.3 Å². The topological polar surface area (TPSA) is 74.2 Å². The number of carbonyl (C=O) groups excluding carboxylic acids is 1. The van der Waals surface area contributed by atoms with E-state index < -0.39 is 0 Å². The number of carbonyl (C=O) groups is 1. The van der Waals surface area contributed by atoms with E-state index >= 15 is 0 Å². The van der Waals surface area contributed by atoms with Crippen LogP contribution in [0.1, 0.15) is 50.5 Å². The Morgan fingerprint density at radius 1 is 1.32 bits per heavy atom. The highest BCUT2D eigenvalue weighted by molar-refractivity contribution is 5.76. The molecule has 1 amide bonds. The molecule has 0 aromatic carbocycles. The van der Waals surface area contributed by atoms with Crippen molar-refractivity contribution in [1.29, 1.82) is 0 Å². The Balaban J connectivity index is 1.54. The molecule has 1 fully saturated rings. The Labute approximate surface area is 132 Å². The van der Waals surface area contributed by atoms with Gasteiger partial charge in [0.05, 0.1) is 6.10 Å². The predicted octanol–water partition coefficient (Wildman–Crippen LogP) is 2.39. The number of rotatable bonds is 7. The van der Waals surface area contributed by atoms with Crippen molar-refractivity contribution in [2.45, 2.75) is 64.0 Å². The number of anilines is 1. The van der Waals surface area contributed by atoms with Crippen molar-refractivity contribution < 1.29 is 9.90 Å². The van der Waals surface area contributed by atoms with Crippen LogP contribution in [0.5, 0.6) is 0 Å². The minimum Gasteiger partial charge on any atom is -0.393 e. The maximum Gasteiger partial charge on any atom is 0.220 e. The number of aliphatic hydroxyl groups is 1.